The monoisotopic (exact) mass is 338 g/mol. The van der Waals surface area contributed by atoms with Crippen LogP contribution in [0, 0.1) is 0 Å². The molecule has 0 heterocycles. The number of rotatable bonds is 5. The van der Waals surface area contributed by atoms with Gasteiger partial charge < -0.3 is 20.1 Å². The number of carboxylic acid groups (broad SMARTS) is 2. The van der Waals surface area contributed by atoms with Crippen LogP contribution in [-0.4, -0.2) is 23.0 Å². The Labute approximate surface area is 176 Å². The molecule has 0 atom stereocenters. The molecule has 0 aromatic heterocycles. The van der Waals surface area contributed by atoms with Gasteiger partial charge in [0.25, 0.3) is 5.91 Å². The number of carboxylic acids is 2. The minimum absolute atomic E-state index is 0. The van der Waals surface area contributed by atoms with E-state index in [1.165, 1.54) is 6.07 Å². The van der Waals surface area contributed by atoms with Gasteiger partial charge in [-0.2, -0.15) is 0 Å². The van der Waals surface area contributed by atoms with E-state index in [1.807, 2.05) is 0 Å². The van der Waals surface area contributed by atoms with Crippen LogP contribution in [0.2, 0.25) is 0 Å². The normalized spacial score (nSPS) is 7.83. The number of anilines is 1. The molecule has 10 heteroatoms. The number of aliphatic carboxylic acids is 1. The van der Waals surface area contributed by atoms with Crippen LogP contribution in [0.4, 0.5) is 5.69 Å². The van der Waals surface area contributed by atoms with Crippen LogP contribution in [0.15, 0.2) is 43.5 Å². The molecule has 1 rings (SSSR count). The summed E-state index contributed by atoms with van der Waals surface area (Å²) in [4.78, 5) is 30.5. The van der Waals surface area contributed by atoms with Gasteiger partial charge in [0.2, 0.25) is 0 Å². The van der Waals surface area contributed by atoms with E-state index in [4.69, 9.17) is 15.0 Å². The molecule has 0 bridgehead atoms. The Morgan fingerprint density at radius 3 is 2.00 bits per heavy atom. The zero-order valence-electron chi connectivity index (χ0n) is 12.8. The topological polar surface area (TPSA) is 142 Å². The Morgan fingerprint density at radius 1 is 1.13 bits per heavy atom. The number of nitrogens with one attached hydrogen (secondary N) is 2. The van der Waals surface area contributed by atoms with E-state index in [1.54, 1.807) is 0 Å². The van der Waals surface area contributed by atoms with Crippen molar-refractivity contribution in [3.63, 3.8) is 0 Å². The van der Waals surface area contributed by atoms with Crippen LogP contribution in [-0.2, 0) is 9.59 Å². The Kier molecular flexibility index (Phi) is 16.6. The van der Waals surface area contributed by atoms with Crippen LogP contribution in [0.5, 0.6) is 5.75 Å². The van der Waals surface area contributed by atoms with Gasteiger partial charge in [-0.3, -0.25) is 15.6 Å². The predicted octanol–water partition coefficient (Wildman–Crippen LogP) is -6.98. The Bertz CT molecular complexity index is 578. The molecule has 0 unspecified atom stereocenters. The van der Waals surface area contributed by atoms with Crippen molar-refractivity contribution in [3.8, 4) is 5.75 Å². The van der Waals surface area contributed by atoms with Crippen LogP contribution in [0.25, 0.3) is 0 Å². The molecular formula is C13H12N2Na2O6. The quantitative estimate of drug-likeness (QED) is 0.275. The third-order valence-corrected chi connectivity index (χ3v) is 1.89. The number of amides is 1. The molecule has 0 saturated heterocycles. The largest absolute Gasteiger partial charge is 1.00 e. The van der Waals surface area contributed by atoms with Crippen LogP contribution < -0.4 is 80.2 Å². The second-order valence-corrected chi connectivity index (χ2v) is 3.36. The van der Waals surface area contributed by atoms with Gasteiger partial charge in [0.05, 0.1) is 17.2 Å². The van der Waals surface area contributed by atoms with Gasteiger partial charge in [-0.25, -0.2) is 4.79 Å². The fraction of sp³-hybridized carbons (Fsp3) is 0. The Morgan fingerprint density at radius 2 is 1.65 bits per heavy atom. The van der Waals surface area contributed by atoms with Crippen molar-refractivity contribution in [2.45, 2.75) is 0 Å². The average molecular weight is 338 g/mol. The molecule has 1 amide bonds. The van der Waals surface area contributed by atoms with E-state index in [9.17, 15) is 14.7 Å². The summed E-state index contributed by atoms with van der Waals surface area (Å²) in [5, 5.41) is 29.0. The molecule has 0 aliphatic heterocycles. The fourth-order valence-electron chi connectivity index (χ4n) is 0.962. The molecule has 8 nitrogen and oxygen atoms in total. The summed E-state index contributed by atoms with van der Waals surface area (Å²) in [7, 11) is 0. The van der Waals surface area contributed by atoms with Crippen molar-refractivity contribution in [3.05, 3.63) is 49.1 Å². The number of hydrazine groups is 1. The first-order valence-electron chi connectivity index (χ1n) is 5.38. The third-order valence-electron chi connectivity index (χ3n) is 1.89. The number of hydrogen-bond donors (Lipinski definition) is 3. The van der Waals surface area contributed by atoms with E-state index in [-0.39, 0.29) is 64.7 Å². The van der Waals surface area contributed by atoms with Crippen molar-refractivity contribution in [2.75, 3.05) is 5.43 Å². The van der Waals surface area contributed by atoms with Gasteiger partial charge in [0, 0.05) is 0 Å². The minimum atomic E-state index is -1.29. The number of benzene rings is 1. The zero-order valence-corrected chi connectivity index (χ0v) is 16.8. The van der Waals surface area contributed by atoms with Gasteiger partial charge >= 0.3 is 65.1 Å². The molecule has 0 radical (unpaired) electrons. The molecule has 0 aliphatic rings. The first-order valence-corrected chi connectivity index (χ1v) is 5.38. The maximum absolute atomic E-state index is 11.2. The first-order chi connectivity index (χ1) is 9.81. The van der Waals surface area contributed by atoms with Crippen LogP contribution >= 0.6 is 0 Å². The molecule has 112 valence electrons. The predicted molar refractivity (Wildman–Crippen MR) is 70.0 cm³/mol. The van der Waals surface area contributed by atoms with Gasteiger partial charge in [0.1, 0.15) is 0 Å². The average Bonchev–Trinajstić information content (AvgIpc) is 2.44. The number of aromatic carboxylic acids is 1. The van der Waals surface area contributed by atoms with E-state index in [0.29, 0.717) is 5.69 Å². The molecule has 23 heavy (non-hydrogen) atoms. The zero-order chi connectivity index (χ0) is 16.4. The summed E-state index contributed by atoms with van der Waals surface area (Å²) < 4.78 is 0. The second kappa shape index (κ2) is 14.3. The van der Waals surface area contributed by atoms with Crippen molar-refractivity contribution in [2.24, 2.45) is 0 Å². The molecule has 1 aromatic carbocycles. The minimum Gasteiger partial charge on any atom is -0.872 e. The van der Waals surface area contributed by atoms with Crippen LogP contribution in [0.1, 0.15) is 10.4 Å². The maximum atomic E-state index is 11.2. The summed E-state index contributed by atoms with van der Waals surface area (Å²) >= 11 is 0. The molecule has 0 spiro atoms. The Balaban J connectivity index is -0.000000502. The van der Waals surface area contributed by atoms with E-state index >= 15 is 0 Å². The van der Waals surface area contributed by atoms with Gasteiger partial charge in [-0.15, -0.1) is 0 Å². The smallest absolute Gasteiger partial charge is 0.872 e. The fourth-order valence-corrected chi connectivity index (χ4v) is 0.962. The molecular weight excluding hydrogens is 326 g/mol. The van der Waals surface area contributed by atoms with E-state index in [0.717, 1.165) is 24.3 Å². The summed E-state index contributed by atoms with van der Waals surface area (Å²) in [5.41, 5.74) is 4.65. The summed E-state index contributed by atoms with van der Waals surface area (Å²) in [6, 6.07) is 3.61. The van der Waals surface area contributed by atoms with Gasteiger partial charge in [-0.1, -0.05) is 18.9 Å². The molecule has 1 aromatic rings. The Hall–Kier alpha value is -1.29. The van der Waals surface area contributed by atoms with E-state index in [2.05, 4.69) is 24.0 Å². The van der Waals surface area contributed by atoms with Crippen molar-refractivity contribution >= 4 is 23.5 Å². The second-order valence-electron chi connectivity index (χ2n) is 3.36. The SMILES string of the molecule is C=CC(=O)NNc1ccc(C(=O)O)c([O-])c1.C=CC(=O)[O-].[Na+].[Na+]. The van der Waals surface area contributed by atoms with Crippen molar-refractivity contribution in [1.29, 1.82) is 0 Å². The van der Waals surface area contributed by atoms with Gasteiger partial charge in [0.15, 0.2) is 0 Å². The number of hydrogen-bond acceptors (Lipinski definition) is 6. The van der Waals surface area contributed by atoms with Crippen LogP contribution in [0.3, 0.4) is 0 Å². The first kappa shape index (κ1) is 26.6. The summed E-state index contributed by atoms with van der Waals surface area (Å²) in [6.07, 6.45) is 1.77. The van der Waals surface area contributed by atoms with Crippen molar-refractivity contribution in [1.82, 2.24) is 5.43 Å². The number of carbonyl (C=O) groups is 3. The summed E-state index contributed by atoms with van der Waals surface area (Å²) in [6.45, 7) is 6.13. The molecule has 3 N–H and O–H groups in total. The maximum Gasteiger partial charge on any atom is 1.00 e. The van der Waals surface area contributed by atoms with Gasteiger partial charge in [-0.05, 0) is 30.4 Å². The molecule has 0 saturated carbocycles. The number of carbonyl (C=O) groups excluding carboxylic acids is 2. The van der Waals surface area contributed by atoms with Crippen molar-refractivity contribution < 1.29 is 88.8 Å². The summed E-state index contributed by atoms with van der Waals surface area (Å²) in [5.74, 6) is -3.61. The molecule has 0 fully saturated rings. The standard InChI is InChI=1S/C10H10N2O4.C3H4O2.2Na/c1-2-9(14)12-11-6-3-4-7(10(15)16)8(13)5-6;1-2-3(4)5;;/h2-5,11,13H,1H2,(H,12,14)(H,15,16);2H,1H2,(H,4,5);;/q;;2*+1/p-2. The molecule has 0 aliphatic carbocycles. The van der Waals surface area contributed by atoms with E-state index < -0.39 is 23.6 Å². The third kappa shape index (κ3) is 11.9.